The zero-order valence-electron chi connectivity index (χ0n) is 23.9. The lowest BCUT2D eigenvalue weighted by Crippen LogP contribution is -2.31. The minimum atomic E-state index is -1.27. The number of carbonyl (C=O) groups excluding carboxylic acids is 2. The second-order valence-electron chi connectivity index (χ2n) is 8.83. The van der Waals surface area contributed by atoms with Crippen molar-refractivity contribution in [3.05, 3.63) is 88.0 Å². The van der Waals surface area contributed by atoms with Gasteiger partial charge in [-0.3, -0.25) is 4.79 Å². The summed E-state index contributed by atoms with van der Waals surface area (Å²) in [7, 11) is 6.03. The predicted molar refractivity (Wildman–Crippen MR) is 156 cm³/mol. The fraction of sp³-hybridized carbons (Fsp3) is 0.290. The molecule has 9 nitrogen and oxygen atoms in total. The molecule has 0 bridgehead atoms. The molecule has 218 valence electrons. The highest BCUT2D eigenvalue weighted by Crippen LogP contribution is 2.42. The molecule has 1 amide bonds. The van der Waals surface area contributed by atoms with Crippen LogP contribution in [0.25, 0.3) is 0 Å². The van der Waals surface area contributed by atoms with Crippen LogP contribution in [-0.2, 0) is 20.9 Å². The van der Waals surface area contributed by atoms with Gasteiger partial charge in [0.15, 0.2) is 11.5 Å². The second kappa shape index (κ2) is 14.4. The number of para-hydroxylation sites is 1. The number of rotatable bonds is 12. The van der Waals surface area contributed by atoms with Crippen molar-refractivity contribution in [1.29, 1.82) is 0 Å². The smallest absolute Gasteiger partial charge is 0.330 e. The van der Waals surface area contributed by atoms with Gasteiger partial charge in [0.2, 0.25) is 0 Å². The summed E-state index contributed by atoms with van der Waals surface area (Å²) in [5.74, 6) is 0.632. The molecule has 0 aliphatic heterocycles. The number of aryl methyl sites for hydroxylation is 1. The standard InChI is InChI=1S/C31H34ClNO8/c1-7-41-29(35)14-13-28(34)33(18-20-11-12-21(37-3)16-27(20)39-5)25-15-19(2)24(32)17-23(25)30(36)22-9-8-10-26(38-4)31(22)40-6/h8-17,30,36H,7,18H2,1-6H3/b14-13+. The summed E-state index contributed by atoms with van der Waals surface area (Å²) in [4.78, 5) is 27.2. The molecule has 0 spiro atoms. The van der Waals surface area contributed by atoms with Crippen LogP contribution in [0, 0.1) is 6.92 Å². The van der Waals surface area contributed by atoms with Crippen LogP contribution < -0.4 is 23.8 Å². The first-order valence-corrected chi connectivity index (χ1v) is 13.1. The maximum absolute atomic E-state index is 13.7. The van der Waals surface area contributed by atoms with Crippen LogP contribution in [0.4, 0.5) is 5.69 Å². The van der Waals surface area contributed by atoms with Gasteiger partial charge in [-0.1, -0.05) is 23.7 Å². The van der Waals surface area contributed by atoms with Crippen LogP contribution in [0.5, 0.6) is 23.0 Å². The topological polar surface area (TPSA) is 104 Å². The summed E-state index contributed by atoms with van der Waals surface area (Å²) >= 11 is 6.53. The van der Waals surface area contributed by atoms with Crippen LogP contribution >= 0.6 is 11.6 Å². The number of ether oxygens (including phenoxy) is 5. The van der Waals surface area contributed by atoms with Gasteiger partial charge in [-0.05, 0) is 49.7 Å². The van der Waals surface area contributed by atoms with E-state index in [4.69, 9.17) is 35.3 Å². The number of hydrogen-bond donors (Lipinski definition) is 1. The van der Waals surface area contributed by atoms with Crippen molar-refractivity contribution >= 4 is 29.2 Å². The maximum atomic E-state index is 13.7. The Kier molecular flexibility index (Phi) is 11.0. The molecule has 0 saturated heterocycles. The molecule has 1 unspecified atom stereocenters. The quantitative estimate of drug-likeness (QED) is 0.223. The highest BCUT2D eigenvalue weighted by Gasteiger charge is 2.27. The summed E-state index contributed by atoms with van der Waals surface area (Å²) in [6.45, 7) is 3.65. The van der Waals surface area contributed by atoms with Crippen LogP contribution in [0.3, 0.4) is 0 Å². The van der Waals surface area contributed by atoms with Gasteiger partial charge in [-0.2, -0.15) is 0 Å². The minimum Gasteiger partial charge on any atom is -0.497 e. The Bertz CT molecular complexity index is 1420. The number of nitrogens with zero attached hydrogens (tertiary/aromatic N) is 1. The molecular formula is C31H34ClNO8. The first-order chi connectivity index (χ1) is 19.7. The van der Waals surface area contributed by atoms with E-state index in [0.29, 0.717) is 56.0 Å². The van der Waals surface area contributed by atoms with Crippen molar-refractivity contribution < 1.29 is 38.4 Å². The molecule has 0 heterocycles. The second-order valence-corrected chi connectivity index (χ2v) is 9.24. The third-order valence-electron chi connectivity index (χ3n) is 6.36. The maximum Gasteiger partial charge on any atom is 0.330 e. The van der Waals surface area contributed by atoms with Crippen LogP contribution in [0.2, 0.25) is 5.02 Å². The SMILES string of the molecule is CCOC(=O)/C=C/C(=O)N(Cc1ccc(OC)cc1OC)c1cc(C)c(Cl)cc1C(O)c1cccc(OC)c1OC. The molecule has 0 aromatic heterocycles. The van der Waals surface area contributed by atoms with E-state index in [9.17, 15) is 14.7 Å². The lowest BCUT2D eigenvalue weighted by Gasteiger charge is -2.28. The van der Waals surface area contributed by atoms with E-state index in [1.165, 1.54) is 26.2 Å². The number of esters is 1. The van der Waals surface area contributed by atoms with E-state index in [-0.39, 0.29) is 13.2 Å². The van der Waals surface area contributed by atoms with Gasteiger partial charge < -0.3 is 33.7 Å². The molecule has 0 radical (unpaired) electrons. The summed E-state index contributed by atoms with van der Waals surface area (Å²) in [5.41, 5.74) is 2.42. The number of methoxy groups -OCH3 is 4. The normalized spacial score (nSPS) is 11.6. The van der Waals surface area contributed by atoms with E-state index in [2.05, 4.69) is 0 Å². The monoisotopic (exact) mass is 583 g/mol. The molecule has 10 heteroatoms. The number of benzene rings is 3. The molecule has 3 aromatic rings. The van der Waals surface area contributed by atoms with Gasteiger partial charge in [0.1, 0.15) is 17.6 Å². The van der Waals surface area contributed by atoms with Crippen molar-refractivity contribution in [3.8, 4) is 23.0 Å². The van der Waals surface area contributed by atoms with Crippen molar-refractivity contribution in [2.75, 3.05) is 39.9 Å². The average Bonchev–Trinajstić information content (AvgIpc) is 2.99. The van der Waals surface area contributed by atoms with E-state index >= 15 is 0 Å². The van der Waals surface area contributed by atoms with E-state index in [1.807, 2.05) is 0 Å². The van der Waals surface area contributed by atoms with Crippen molar-refractivity contribution in [1.82, 2.24) is 0 Å². The van der Waals surface area contributed by atoms with Gasteiger partial charge in [0.25, 0.3) is 5.91 Å². The lowest BCUT2D eigenvalue weighted by atomic mass is 9.96. The summed E-state index contributed by atoms with van der Waals surface area (Å²) in [6.07, 6.45) is 0.920. The minimum absolute atomic E-state index is 0.0230. The number of aliphatic hydroxyl groups excluding tert-OH is 1. The van der Waals surface area contributed by atoms with Crippen molar-refractivity contribution in [2.45, 2.75) is 26.5 Å². The van der Waals surface area contributed by atoms with E-state index in [1.54, 1.807) is 69.5 Å². The van der Waals surface area contributed by atoms with Crippen LogP contribution in [0.1, 0.15) is 35.3 Å². The molecule has 41 heavy (non-hydrogen) atoms. The Morgan fingerprint density at radius 1 is 0.927 bits per heavy atom. The van der Waals surface area contributed by atoms with E-state index < -0.39 is 18.0 Å². The van der Waals surface area contributed by atoms with Gasteiger partial charge in [-0.15, -0.1) is 0 Å². The zero-order chi connectivity index (χ0) is 30.1. The van der Waals surface area contributed by atoms with Crippen LogP contribution in [0.15, 0.2) is 60.7 Å². The molecular weight excluding hydrogens is 550 g/mol. The molecule has 0 saturated carbocycles. The molecule has 3 aromatic carbocycles. The Hall–Kier alpha value is -4.21. The third-order valence-corrected chi connectivity index (χ3v) is 6.77. The number of carbonyl (C=O) groups is 2. The Labute approximate surface area is 244 Å². The average molecular weight is 584 g/mol. The largest absolute Gasteiger partial charge is 0.497 e. The molecule has 0 fully saturated rings. The van der Waals surface area contributed by atoms with Crippen LogP contribution in [-0.4, -0.2) is 52.0 Å². The van der Waals surface area contributed by atoms with Gasteiger partial charge in [0.05, 0.1) is 47.3 Å². The molecule has 1 atom stereocenters. The Morgan fingerprint density at radius 3 is 2.29 bits per heavy atom. The lowest BCUT2D eigenvalue weighted by molar-refractivity contribution is -0.137. The number of amides is 1. The fourth-order valence-corrected chi connectivity index (χ4v) is 4.46. The van der Waals surface area contributed by atoms with Crippen molar-refractivity contribution in [2.24, 2.45) is 0 Å². The Morgan fingerprint density at radius 2 is 1.66 bits per heavy atom. The molecule has 0 aliphatic rings. The number of anilines is 1. The fourth-order valence-electron chi connectivity index (χ4n) is 4.28. The molecule has 1 N–H and O–H groups in total. The van der Waals surface area contributed by atoms with E-state index in [0.717, 1.165) is 12.2 Å². The summed E-state index contributed by atoms with van der Waals surface area (Å²) in [6, 6.07) is 13.7. The predicted octanol–water partition coefficient (Wildman–Crippen LogP) is 5.42. The van der Waals surface area contributed by atoms with Gasteiger partial charge >= 0.3 is 5.97 Å². The first kappa shape index (κ1) is 31.3. The van der Waals surface area contributed by atoms with Gasteiger partial charge in [-0.25, -0.2) is 4.79 Å². The first-order valence-electron chi connectivity index (χ1n) is 12.7. The highest BCUT2D eigenvalue weighted by molar-refractivity contribution is 6.31. The molecule has 0 aliphatic carbocycles. The summed E-state index contributed by atoms with van der Waals surface area (Å²) in [5, 5.41) is 12.1. The molecule has 3 rings (SSSR count). The summed E-state index contributed by atoms with van der Waals surface area (Å²) < 4.78 is 26.8. The Balaban J connectivity index is 2.22. The number of hydrogen-bond acceptors (Lipinski definition) is 8. The van der Waals surface area contributed by atoms with Crippen molar-refractivity contribution in [3.63, 3.8) is 0 Å². The number of aliphatic hydroxyl groups is 1. The third kappa shape index (κ3) is 7.31. The van der Waals surface area contributed by atoms with Gasteiger partial charge in [0, 0.05) is 39.9 Å². The highest BCUT2D eigenvalue weighted by atomic mass is 35.5. The zero-order valence-corrected chi connectivity index (χ0v) is 24.7. The number of halogens is 1.